The normalized spacial score (nSPS) is 19.5. The monoisotopic (exact) mass is 201 g/mol. The lowest BCUT2D eigenvalue weighted by atomic mass is 10.2. The summed E-state index contributed by atoms with van der Waals surface area (Å²) in [6.07, 6.45) is 8.14. The van der Waals surface area contributed by atoms with Gasteiger partial charge in [0, 0.05) is 18.5 Å². The van der Waals surface area contributed by atoms with Crippen molar-refractivity contribution in [3.63, 3.8) is 0 Å². The summed E-state index contributed by atoms with van der Waals surface area (Å²) in [6, 6.07) is 10.2. The van der Waals surface area contributed by atoms with Crippen LogP contribution in [0.5, 0.6) is 0 Å². The Morgan fingerprint density at radius 3 is 2.73 bits per heavy atom. The summed E-state index contributed by atoms with van der Waals surface area (Å²) < 4.78 is 5.64. The van der Waals surface area contributed by atoms with Crippen LogP contribution < -0.4 is 4.90 Å². The van der Waals surface area contributed by atoms with Crippen LogP contribution in [0, 0.1) is 0 Å². The molecule has 15 heavy (non-hydrogen) atoms. The molecule has 1 heterocycles. The quantitative estimate of drug-likeness (QED) is 0.745. The van der Waals surface area contributed by atoms with E-state index in [1.165, 1.54) is 0 Å². The Balaban J connectivity index is 2.20. The van der Waals surface area contributed by atoms with E-state index in [9.17, 15) is 0 Å². The van der Waals surface area contributed by atoms with Crippen LogP contribution in [0.4, 0.5) is 5.69 Å². The number of rotatable bonds is 3. The van der Waals surface area contributed by atoms with Crippen molar-refractivity contribution in [1.82, 2.24) is 0 Å². The van der Waals surface area contributed by atoms with Gasteiger partial charge in [0.2, 0.25) is 0 Å². The summed E-state index contributed by atoms with van der Waals surface area (Å²) in [5, 5.41) is 0. The summed E-state index contributed by atoms with van der Waals surface area (Å²) in [5.41, 5.74) is 1.15. The molecule has 0 radical (unpaired) electrons. The molecule has 1 aliphatic rings. The summed E-state index contributed by atoms with van der Waals surface area (Å²) >= 11 is 0. The van der Waals surface area contributed by atoms with E-state index >= 15 is 0 Å². The molecule has 1 atom stereocenters. The highest BCUT2D eigenvalue weighted by atomic mass is 16.5. The predicted octanol–water partition coefficient (Wildman–Crippen LogP) is 2.94. The van der Waals surface area contributed by atoms with Gasteiger partial charge in [0.05, 0.1) is 0 Å². The fourth-order valence-corrected chi connectivity index (χ4v) is 1.62. The van der Waals surface area contributed by atoms with Crippen LogP contribution in [0.15, 0.2) is 54.8 Å². The van der Waals surface area contributed by atoms with Gasteiger partial charge in [-0.25, -0.2) is 0 Å². The second-order valence-corrected chi connectivity index (χ2v) is 3.32. The summed E-state index contributed by atoms with van der Waals surface area (Å²) in [5.74, 6) is 0. The molecule has 0 bridgehead atoms. The summed E-state index contributed by atoms with van der Waals surface area (Å²) in [4.78, 5) is 2.11. The molecule has 1 aromatic carbocycles. The maximum absolute atomic E-state index is 5.64. The molecule has 2 rings (SSSR count). The maximum Gasteiger partial charge on any atom is 0.153 e. The number of nitrogens with zero attached hydrogens (tertiary/aromatic N) is 1. The zero-order chi connectivity index (χ0) is 10.5. The van der Waals surface area contributed by atoms with Crippen molar-refractivity contribution in [1.29, 1.82) is 0 Å². The van der Waals surface area contributed by atoms with Crippen LogP contribution in [0.1, 0.15) is 6.92 Å². The number of para-hydroxylation sites is 1. The Kier molecular flexibility index (Phi) is 3.20. The third kappa shape index (κ3) is 2.28. The Labute approximate surface area is 90.5 Å². The Hall–Kier alpha value is -1.54. The van der Waals surface area contributed by atoms with Gasteiger partial charge in [0.25, 0.3) is 0 Å². The zero-order valence-electron chi connectivity index (χ0n) is 8.84. The highest BCUT2D eigenvalue weighted by molar-refractivity contribution is 5.52. The van der Waals surface area contributed by atoms with Crippen LogP contribution in [-0.4, -0.2) is 12.8 Å². The predicted molar refractivity (Wildman–Crippen MR) is 62.6 cm³/mol. The van der Waals surface area contributed by atoms with E-state index in [2.05, 4.69) is 23.1 Å². The van der Waals surface area contributed by atoms with Crippen molar-refractivity contribution in [3.05, 3.63) is 54.8 Å². The lowest BCUT2D eigenvalue weighted by Crippen LogP contribution is -2.32. The molecule has 0 aliphatic carbocycles. The van der Waals surface area contributed by atoms with Crippen LogP contribution in [0.2, 0.25) is 0 Å². The molecule has 0 unspecified atom stereocenters. The van der Waals surface area contributed by atoms with Gasteiger partial charge < -0.3 is 9.64 Å². The second-order valence-electron chi connectivity index (χ2n) is 3.32. The van der Waals surface area contributed by atoms with Gasteiger partial charge in [-0.2, -0.15) is 0 Å². The first kappa shape index (κ1) is 9.99. The molecule has 2 nitrogen and oxygen atoms in total. The molecule has 1 aromatic rings. The standard InChI is InChI=1S/C13H15NO/c1-2-15-13-10-6-7-11-14(13)12-8-4-3-5-9-12/h3-11,13H,2H2,1H3/t13-/m0/s1. The van der Waals surface area contributed by atoms with Crippen molar-refractivity contribution in [2.75, 3.05) is 11.5 Å². The summed E-state index contributed by atoms with van der Waals surface area (Å²) in [6.45, 7) is 2.72. The van der Waals surface area contributed by atoms with Gasteiger partial charge >= 0.3 is 0 Å². The van der Waals surface area contributed by atoms with Gasteiger partial charge in [-0.3, -0.25) is 0 Å². The zero-order valence-corrected chi connectivity index (χ0v) is 8.84. The smallest absolute Gasteiger partial charge is 0.153 e. The number of anilines is 1. The first-order valence-electron chi connectivity index (χ1n) is 5.22. The number of benzene rings is 1. The SMILES string of the molecule is CCO[C@H]1C=CC=CN1c1ccccc1. The van der Waals surface area contributed by atoms with Crippen molar-refractivity contribution in [2.24, 2.45) is 0 Å². The Bertz CT molecular complexity index is 356. The average molecular weight is 201 g/mol. The van der Waals surface area contributed by atoms with Gasteiger partial charge in [-0.15, -0.1) is 0 Å². The van der Waals surface area contributed by atoms with Crippen LogP contribution in [0.3, 0.4) is 0 Å². The molecule has 2 heteroatoms. The van der Waals surface area contributed by atoms with Gasteiger partial charge in [0.1, 0.15) is 0 Å². The minimum atomic E-state index is 0.0161. The van der Waals surface area contributed by atoms with E-state index in [1.807, 2.05) is 43.5 Å². The molecule has 0 spiro atoms. The molecule has 0 amide bonds. The van der Waals surface area contributed by atoms with Crippen LogP contribution in [0.25, 0.3) is 0 Å². The van der Waals surface area contributed by atoms with Gasteiger partial charge in [-0.05, 0) is 31.2 Å². The molecule has 0 fully saturated rings. The third-order valence-electron chi connectivity index (χ3n) is 2.30. The van der Waals surface area contributed by atoms with Crippen molar-refractivity contribution < 1.29 is 4.74 Å². The van der Waals surface area contributed by atoms with E-state index < -0.39 is 0 Å². The minimum Gasteiger partial charge on any atom is -0.355 e. The largest absolute Gasteiger partial charge is 0.355 e. The molecule has 1 aliphatic heterocycles. The first-order chi connectivity index (χ1) is 7.42. The van der Waals surface area contributed by atoms with E-state index in [-0.39, 0.29) is 6.23 Å². The molecule has 0 N–H and O–H groups in total. The fraction of sp³-hybridized carbons (Fsp3) is 0.231. The average Bonchev–Trinajstić information content (AvgIpc) is 2.31. The van der Waals surface area contributed by atoms with E-state index in [1.54, 1.807) is 0 Å². The van der Waals surface area contributed by atoms with Crippen molar-refractivity contribution in [2.45, 2.75) is 13.2 Å². The minimum absolute atomic E-state index is 0.0161. The van der Waals surface area contributed by atoms with Crippen molar-refractivity contribution >= 4 is 5.69 Å². The lowest BCUT2D eigenvalue weighted by molar-refractivity contribution is 0.0991. The second kappa shape index (κ2) is 4.80. The molecule has 0 saturated carbocycles. The molecular formula is C13H15NO. The number of hydrogen-bond acceptors (Lipinski definition) is 2. The van der Waals surface area contributed by atoms with E-state index in [0.717, 1.165) is 5.69 Å². The molecule has 0 aromatic heterocycles. The highest BCUT2D eigenvalue weighted by Crippen LogP contribution is 2.20. The van der Waals surface area contributed by atoms with Gasteiger partial charge in [0.15, 0.2) is 6.23 Å². The number of allylic oxidation sites excluding steroid dienone is 2. The number of hydrogen-bond donors (Lipinski definition) is 0. The maximum atomic E-state index is 5.64. The molecular weight excluding hydrogens is 186 g/mol. The van der Waals surface area contributed by atoms with E-state index in [0.29, 0.717) is 6.61 Å². The van der Waals surface area contributed by atoms with Crippen LogP contribution in [-0.2, 0) is 4.74 Å². The lowest BCUT2D eigenvalue weighted by Gasteiger charge is -2.29. The molecule has 78 valence electrons. The van der Waals surface area contributed by atoms with Crippen molar-refractivity contribution in [3.8, 4) is 0 Å². The van der Waals surface area contributed by atoms with Gasteiger partial charge in [-0.1, -0.05) is 24.3 Å². The number of ether oxygens (including phenoxy) is 1. The Morgan fingerprint density at radius 1 is 1.20 bits per heavy atom. The third-order valence-corrected chi connectivity index (χ3v) is 2.30. The summed E-state index contributed by atoms with van der Waals surface area (Å²) in [7, 11) is 0. The van der Waals surface area contributed by atoms with E-state index in [4.69, 9.17) is 4.74 Å². The fourth-order valence-electron chi connectivity index (χ4n) is 1.62. The topological polar surface area (TPSA) is 12.5 Å². The van der Waals surface area contributed by atoms with Crippen LogP contribution >= 0.6 is 0 Å². The molecule has 0 saturated heterocycles. The Morgan fingerprint density at radius 2 is 2.00 bits per heavy atom. The highest BCUT2D eigenvalue weighted by Gasteiger charge is 2.15. The first-order valence-corrected chi connectivity index (χ1v) is 5.22.